The van der Waals surface area contributed by atoms with Crippen LogP contribution in [0.4, 0.5) is 0 Å². The van der Waals surface area contributed by atoms with Gasteiger partial charge in [-0.15, -0.1) is 0 Å². The van der Waals surface area contributed by atoms with E-state index in [-0.39, 0.29) is 12.4 Å². The number of ether oxygens (including phenoxy) is 1. The Balaban J connectivity index is 2.74. The van der Waals surface area contributed by atoms with Gasteiger partial charge in [0.2, 0.25) is 0 Å². The van der Waals surface area contributed by atoms with Crippen LogP contribution in [-0.4, -0.2) is 18.3 Å². The number of carbonyl (C=O) groups excluding carboxylic acids is 1. The van der Waals surface area contributed by atoms with Gasteiger partial charge in [0.25, 0.3) is 5.91 Å². The highest BCUT2D eigenvalue weighted by Gasteiger charge is 2.65. The summed E-state index contributed by atoms with van der Waals surface area (Å²) >= 11 is 0. The summed E-state index contributed by atoms with van der Waals surface area (Å²) in [5.41, 5.74) is 2.43. The summed E-state index contributed by atoms with van der Waals surface area (Å²) in [4.78, 5) is 15.1. The zero-order valence-corrected chi connectivity index (χ0v) is 7.60. The van der Waals surface area contributed by atoms with Crippen molar-refractivity contribution < 1.29 is 9.53 Å². The molecular formula is C9H6N4O2. The van der Waals surface area contributed by atoms with Gasteiger partial charge in [-0.05, 0) is 6.08 Å². The van der Waals surface area contributed by atoms with Crippen LogP contribution in [0.15, 0.2) is 17.3 Å². The van der Waals surface area contributed by atoms with E-state index in [4.69, 9.17) is 21.0 Å². The molecule has 0 fully saturated rings. The van der Waals surface area contributed by atoms with E-state index in [1.165, 1.54) is 12.3 Å². The fourth-order valence-corrected chi connectivity index (χ4v) is 1.76. The van der Waals surface area contributed by atoms with E-state index in [9.17, 15) is 4.79 Å². The lowest BCUT2D eigenvalue weighted by molar-refractivity contribution is -0.124. The average molecular weight is 202 g/mol. The molecule has 0 aromatic heterocycles. The first-order valence-electron chi connectivity index (χ1n) is 4.14. The Morgan fingerprint density at radius 1 is 1.53 bits per heavy atom. The van der Waals surface area contributed by atoms with Crippen LogP contribution in [0.1, 0.15) is 0 Å². The molecule has 0 aromatic rings. The molecule has 0 aromatic carbocycles. The van der Waals surface area contributed by atoms with Gasteiger partial charge in [-0.2, -0.15) is 15.5 Å². The number of aliphatic imine (C=N–C) groups is 1. The first-order valence-corrected chi connectivity index (χ1v) is 4.14. The van der Waals surface area contributed by atoms with Gasteiger partial charge in [0.15, 0.2) is 10.8 Å². The van der Waals surface area contributed by atoms with Gasteiger partial charge < -0.3 is 10.5 Å². The van der Waals surface area contributed by atoms with Crippen LogP contribution in [0.2, 0.25) is 0 Å². The highest BCUT2D eigenvalue weighted by molar-refractivity contribution is 6.12. The zero-order valence-electron chi connectivity index (χ0n) is 7.60. The Hall–Kier alpha value is -2.34. The first kappa shape index (κ1) is 9.22. The van der Waals surface area contributed by atoms with Crippen LogP contribution in [0.25, 0.3) is 0 Å². The maximum atomic E-state index is 11.6. The van der Waals surface area contributed by atoms with Gasteiger partial charge >= 0.3 is 0 Å². The molecule has 15 heavy (non-hydrogen) atoms. The van der Waals surface area contributed by atoms with Crippen molar-refractivity contribution in [2.24, 2.45) is 21.6 Å². The van der Waals surface area contributed by atoms with E-state index in [0.717, 1.165) is 0 Å². The Bertz CT molecular complexity index is 481. The lowest BCUT2D eigenvalue weighted by Crippen LogP contribution is -2.51. The number of nitrogens with two attached hydrogens (primary N) is 1. The zero-order chi connectivity index (χ0) is 11.1. The fraction of sp³-hybridized carbons (Fsp3) is 0.333. The van der Waals surface area contributed by atoms with Gasteiger partial charge in [0, 0.05) is 0 Å². The lowest BCUT2D eigenvalue weighted by atomic mass is 9.65. The minimum atomic E-state index is -1.62. The summed E-state index contributed by atoms with van der Waals surface area (Å²) in [7, 11) is 0. The number of nitrogens with zero attached hydrogens (tertiary/aromatic N) is 3. The van der Waals surface area contributed by atoms with Crippen molar-refractivity contribution in [2.45, 2.75) is 0 Å². The lowest BCUT2D eigenvalue weighted by Gasteiger charge is -2.33. The molecular weight excluding hydrogens is 196 g/mol. The molecule has 2 unspecified atom stereocenters. The average Bonchev–Trinajstić information content (AvgIpc) is 2.49. The standard InChI is InChI=1S/C9H6N4O2/c10-3-8-1-2-15-5-9(8,4-11)6(12)13-7(8)14/h1-2H,5H2,(H2,12,13,14). The minimum absolute atomic E-state index is 0.130. The topological polar surface area (TPSA) is 112 Å². The molecule has 0 aliphatic carbocycles. The number of fused-ring (bicyclic) bond motifs is 1. The molecule has 0 saturated heterocycles. The molecule has 0 radical (unpaired) electrons. The second-order valence-electron chi connectivity index (χ2n) is 3.35. The quantitative estimate of drug-likeness (QED) is 0.566. The third-order valence-corrected chi connectivity index (χ3v) is 2.75. The van der Waals surface area contributed by atoms with Gasteiger partial charge in [-0.3, -0.25) is 4.79 Å². The van der Waals surface area contributed by atoms with Crippen molar-refractivity contribution in [3.63, 3.8) is 0 Å². The predicted octanol–water partition coefficient (Wildman–Crippen LogP) is -0.552. The Morgan fingerprint density at radius 2 is 2.27 bits per heavy atom. The molecule has 2 atom stereocenters. The van der Waals surface area contributed by atoms with Crippen LogP contribution in [0.5, 0.6) is 0 Å². The predicted molar refractivity (Wildman–Crippen MR) is 47.8 cm³/mol. The van der Waals surface area contributed by atoms with Crippen LogP contribution >= 0.6 is 0 Å². The van der Waals surface area contributed by atoms with Gasteiger partial charge in [-0.1, -0.05) is 0 Å². The largest absolute Gasteiger partial charge is 0.499 e. The smallest absolute Gasteiger partial charge is 0.274 e. The maximum absolute atomic E-state index is 11.6. The number of nitriles is 2. The van der Waals surface area contributed by atoms with Crippen LogP contribution in [-0.2, 0) is 9.53 Å². The normalized spacial score (nSPS) is 37.2. The molecule has 1 amide bonds. The van der Waals surface area contributed by atoms with Crippen molar-refractivity contribution in [1.82, 2.24) is 0 Å². The number of rotatable bonds is 0. The van der Waals surface area contributed by atoms with Gasteiger partial charge in [0.1, 0.15) is 12.4 Å². The van der Waals surface area contributed by atoms with E-state index in [2.05, 4.69) is 4.99 Å². The summed E-state index contributed by atoms with van der Waals surface area (Å²) in [6.45, 7) is -0.130. The van der Waals surface area contributed by atoms with Crippen molar-refractivity contribution in [1.29, 1.82) is 10.5 Å². The second-order valence-corrected chi connectivity index (χ2v) is 3.35. The number of hydrogen-bond donors (Lipinski definition) is 1. The number of hydrogen-bond acceptors (Lipinski definition) is 5. The Labute approximate surface area is 85.3 Å². The maximum Gasteiger partial charge on any atom is 0.274 e. The van der Waals surface area contributed by atoms with E-state index >= 15 is 0 Å². The molecule has 2 N–H and O–H groups in total. The van der Waals surface area contributed by atoms with Crippen LogP contribution in [0.3, 0.4) is 0 Å². The summed E-state index contributed by atoms with van der Waals surface area (Å²) in [6.07, 6.45) is 2.47. The Morgan fingerprint density at radius 3 is 2.80 bits per heavy atom. The van der Waals surface area contributed by atoms with E-state index in [1.807, 2.05) is 12.1 Å². The molecule has 2 aliphatic heterocycles. The van der Waals surface area contributed by atoms with Crippen molar-refractivity contribution in [3.8, 4) is 12.1 Å². The van der Waals surface area contributed by atoms with Crippen molar-refractivity contribution >= 4 is 11.7 Å². The van der Waals surface area contributed by atoms with Crippen molar-refractivity contribution in [2.75, 3.05) is 6.61 Å². The number of carbonyl (C=O) groups is 1. The molecule has 2 aliphatic rings. The highest BCUT2D eigenvalue weighted by Crippen LogP contribution is 2.48. The van der Waals surface area contributed by atoms with Crippen LogP contribution < -0.4 is 5.73 Å². The van der Waals surface area contributed by atoms with E-state index < -0.39 is 16.7 Å². The molecule has 0 spiro atoms. The number of amidine groups is 1. The molecule has 0 saturated carbocycles. The third-order valence-electron chi connectivity index (χ3n) is 2.75. The van der Waals surface area contributed by atoms with E-state index in [1.54, 1.807) is 0 Å². The molecule has 74 valence electrons. The third kappa shape index (κ3) is 0.767. The molecule has 2 rings (SSSR count). The monoisotopic (exact) mass is 202 g/mol. The fourth-order valence-electron chi connectivity index (χ4n) is 1.76. The summed E-state index contributed by atoms with van der Waals surface area (Å²) in [6, 6.07) is 3.69. The van der Waals surface area contributed by atoms with E-state index in [0.29, 0.717) is 0 Å². The summed E-state index contributed by atoms with van der Waals surface area (Å²) in [5, 5.41) is 18.2. The summed E-state index contributed by atoms with van der Waals surface area (Å²) in [5.74, 6) is -0.857. The highest BCUT2D eigenvalue weighted by atomic mass is 16.5. The molecule has 2 heterocycles. The second kappa shape index (κ2) is 2.58. The number of amides is 1. The Kier molecular flexibility index (Phi) is 1.59. The molecule has 6 nitrogen and oxygen atoms in total. The van der Waals surface area contributed by atoms with Gasteiger partial charge in [-0.25, -0.2) is 0 Å². The molecule has 0 bridgehead atoms. The van der Waals surface area contributed by atoms with Gasteiger partial charge in [0.05, 0.1) is 18.4 Å². The van der Waals surface area contributed by atoms with Crippen molar-refractivity contribution in [3.05, 3.63) is 12.3 Å². The minimum Gasteiger partial charge on any atom is -0.499 e. The SMILES string of the molecule is N#CC12C=COCC1(C#N)C(N)=NC2=O. The summed E-state index contributed by atoms with van der Waals surface area (Å²) < 4.78 is 4.96. The van der Waals surface area contributed by atoms with Crippen LogP contribution in [0, 0.1) is 33.5 Å². The first-order chi connectivity index (χ1) is 7.13. The molecule has 6 heteroatoms.